The predicted molar refractivity (Wildman–Crippen MR) is 80.2 cm³/mol. The smallest absolute Gasteiger partial charge is 0.0955 e. The second kappa shape index (κ2) is 4.35. The first-order valence-electron chi connectivity index (χ1n) is 11.8. The summed E-state index contributed by atoms with van der Waals surface area (Å²) in [6, 6.07) is 0. The van der Waals surface area contributed by atoms with Crippen LogP contribution in [-0.2, 0) is 4.74 Å². The third-order valence-corrected chi connectivity index (χ3v) is 5.71. The average Bonchev–Trinajstić information content (AvgIpc) is 2.74. The Morgan fingerprint density at radius 2 is 2.26 bits per heavy atom. The monoisotopic (exact) mass is 271 g/mol. The molecular weight excluding hydrogens is 232 g/mol. The Morgan fingerprint density at radius 3 is 3.05 bits per heavy atom. The van der Waals surface area contributed by atoms with E-state index < -0.39 is 42.6 Å². The maximum absolute atomic E-state index is 8.70. The van der Waals surface area contributed by atoms with Gasteiger partial charge >= 0.3 is 0 Å². The van der Waals surface area contributed by atoms with E-state index in [2.05, 4.69) is 0 Å². The average molecular weight is 271 g/mol. The summed E-state index contributed by atoms with van der Waals surface area (Å²) in [5.74, 6) is 0.197. The Kier molecular flexibility index (Phi) is 1.52. The topological polar surface area (TPSA) is 9.23 Å². The molecule has 0 aromatic heterocycles. The van der Waals surface area contributed by atoms with Crippen molar-refractivity contribution < 1.29 is 17.1 Å². The molecule has 108 valence electrons. The molecule has 0 amide bonds. The number of rotatable bonds is 3. The zero-order valence-corrected chi connectivity index (χ0v) is 12.1. The summed E-state index contributed by atoms with van der Waals surface area (Å²) in [5, 5.41) is 0. The zero-order valence-electron chi connectivity index (χ0n) is 21.1. The van der Waals surface area contributed by atoms with E-state index >= 15 is 0 Å². The van der Waals surface area contributed by atoms with Crippen LogP contribution in [0.2, 0.25) is 0 Å². The maximum Gasteiger partial charge on any atom is 0.0955 e. The van der Waals surface area contributed by atoms with Crippen LogP contribution in [-0.4, -0.2) is 11.2 Å². The number of hydrogen-bond donors (Lipinski definition) is 0. The van der Waals surface area contributed by atoms with E-state index in [0.717, 1.165) is 19.3 Å². The second-order valence-corrected chi connectivity index (χ2v) is 7.06. The molecular formula is C18H30O. The largest absolute Gasteiger partial charge is 0.364 e. The fourth-order valence-corrected chi connectivity index (χ4v) is 4.45. The van der Waals surface area contributed by atoms with E-state index in [0.29, 0.717) is 12.8 Å². The van der Waals surface area contributed by atoms with Gasteiger partial charge in [0, 0.05) is 17.8 Å². The molecule has 1 aliphatic heterocycles. The van der Waals surface area contributed by atoms with Crippen molar-refractivity contribution in [2.24, 2.45) is 11.3 Å². The summed E-state index contributed by atoms with van der Waals surface area (Å²) >= 11 is 0. The summed E-state index contributed by atoms with van der Waals surface area (Å²) in [5.41, 5.74) is -1.85. The van der Waals surface area contributed by atoms with Gasteiger partial charge in [0.2, 0.25) is 0 Å². The Bertz CT molecular complexity index is 694. The van der Waals surface area contributed by atoms with Gasteiger partial charge in [-0.1, -0.05) is 26.2 Å². The highest BCUT2D eigenvalue weighted by atomic mass is 16.5. The van der Waals surface area contributed by atoms with Crippen molar-refractivity contribution in [1.82, 2.24) is 0 Å². The molecule has 3 rings (SSSR count). The normalized spacial score (nSPS) is 53.7. The van der Waals surface area contributed by atoms with E-state index in [1.807, 2.05) is 20.8 Å². The van der Waals surface area contributed by atoms with Crippen LogP contribution in [0.1, 0.15) is 91.2 Å². The van der Waals surface area contributed by atoms with Gasteiger partial charge in [0.25, 0.3) is 0 Å². The van der Waals surface area contributed by atoms with Crippen LogP contribution in [0.3, 0.4) is 0 Å². The van der Waals surface area contributed by atoms with Gasteiger partial charge in [-0.05, 0) is 70.2 Å². The third-order valence-electron chi connectivity index (χ3n) is 5.71. The molecule has 2 aliphatic carbocycles. The molecule has 1 nitrogen and oxygen atoms in total. The molecule has 0 unspecified atom stereocenters. The minimum Gasteiger partial charge on any atom is -0.364 e. The molecule has 1 heterocycles. The highest BCUT2D eigenvalue weighted by Crippen LogP contribution is 2.65. The van der Waals surface area contributed by atoms with Crippen LogP contribution < -0.4 is 0 Å². The Hall–Kier alpha value is -0.300. The Labute approximate surface area is 131 Å². The summed E-state index contributed by atoms with van der Waals surface area (Å²) < 4.78 is 78.9. The van der Waals surface area contributed by atoms with E-state index in [4.69, 9.17) is 17.1 Å². The van der Waals surface area contributed by atoms with Crippen molar-refractivity contribution in [2.45, 2.75) is 90.0 Å². The lowest BCUT2D eigenvalue weighted by atomic mass is 9.55. The minimum absolute atomic E-state index is 0.0853. The molecule has 2 fully saturated rings. The molecule has 0 N–H and O–H groups in total. The third kappa shape index (κ3) is 1.84. The molecule has 3 atom stereocenters. The molecule has 1 saturated carbocycles. The van der Waals surface area contributed by atoms with Gasteiger partial charge in [0.15, 0.2) is 0 Å². The molecule has 19 heavy (non-hydrogen) atoms. The molecule has 0 radical (unpaired) electrons. The van der Waals surface area contributed by atoms with Gasteiger partial charge in [-0.2, -0.15) is 0 Å². The lowest BCUT2D eigenvalue weighted by Gasteiger charge is -2.52. The van der Waals surface area contributed by atoms with Crippen LogP contribution in [0.15, 0.2) is 11.6 Å². The van der Waals surface area contributed by atoms with Crippen molar-refractivity contribution in [3.05, 3.63) is 11.6 Å². The molecule has 2 bridgehead atoms. The molecule has 1 saturated heterocycles. The SMILES string of the molecule is [2H]C([2H])([2H])C([2H])([2H])C([2H])([2H])C([2H])([2H])C1=CCC[C@@]2(C)CC[C@@H]3C[C@]12OC3(C)C. The molecule has 0 aromatic rings. The number of fused-ring (bicyclic) bond motifs is 1. The highest BCUT2D eigenvalue weighted by Gasteiger charge is 2.64. The van der Waals surface area contributed by atoms with E-state index in [-0.39, 0.29) is 11.5 Å². The van der Waals surface area contributed by atoms with Crippen molar-refractivity contribution in [3.63, 3.8) is 0 Å². The Morgan fingerprint density at radius 1 is 1.42 bits per heavy atom. The molecule has 0 aromatic carbocycles. The van der Waals surface area contributed by atoms with Crippen molar-refractivity contribution >= 4 is 0 Å². The highest BCUT2D eigenvalue weighted by molar-refractivity contribution is 5.31. The molecule has 1 spiro atoms. The number of allylic oxidation sites excluding steroid dienone is 1. The van der Waals surface area contributed by atoms with Crippen molar-refractivity contribution in [3.8, 4) is 0 Å². The van der Waals surface area contributed by atoms with Gasteiger partial charge in [0.05, 0.1) is 11.2 Å². The van der Waals surface area contributed by atoms with Crippen molar-refractivity contribution in [1.29, 1.82) is 0 Å². The summed E-state index contributed by atoms with van der Waals surface area (Å²) in [4.78, 5) is 0. The van der Waals surface area contributed by atoms with E-state index in [1.54, 1.807) is 6.08 Å². The summed E-state index contributed by atoms with van der Waals surface area (Å²) in [7, 11) is 0. The van der Waals surface area contributed by atoms with E-state index in [1.165, 1.54) is 0 Å². The first kappa shape index (κ1) is 6.64. The molecule has 3 aliphatic rings. The first-order valence-corrected chi connectivity index (χ1v) is 7.27. The predicted octanol–water partition coefficient (Wildman–Crippen LogP) is 5.25. The quantitative estimate of drug-likeness (QED) is 0.637. The van der Waals surface area contributed by atoms with Gasteiger partial charge in [-0.3, -0.25) is 0 Å². The fourth-order valence-electron chi connectivity index (χ4n) is 4.45. The van der Waals surface area contributed by atoms with Gasteiger partial charge in [0.1, 0.15) is 0 Å². The maximum atomic E-state index is 8.70. The fraction of sp³-hybridized carbons (Fsp3) is 0.889. The number of ether oxygens (including phenoxy) is 1. The van der Waals surface area contributed by atoms with Crippen LogP contribution in [0.4, 0.5) is 0 Å². The first-order chi connectivity index (χ1) is 12.4. The second-order valence-electron chi connectivity index (χ2n) is 7.06. The lowest BCUT2D eigenvalue weighted by Crippen LogP contribution is -2.51. The van der Waals surface area contributed by atoms with Crippen molar-refractivity contribution in [2.75, 3.05) is 0 Å². The van der Waals surface area contributed by atoms with Gasteiger partial charge in [-0.15, -0.1) is 0 Å². The van der Waals surface area contributed by atoms with Crippen LogP contribution in [0, 0.1) is 11.3 Å². The summed E-state index contributed by atoms with van der Waals surface area (Å²) in [6.45, 7) is 2.68. The van der Waals surface area contributed by atoms with Crippen LogP contribution in [0.25, 0.3) is 0 Å². The minimum atomic E-state index is -3.36. The standard InChI is InChI=1S/C18H30O/c1-5-6-8-14-9-7-11-17(4)12-10-15-13-18(14,17)19-16(15,2)3/h9,15H,5-8,10-13H2,1-4H3/t15-,17+,18+/m1/s1/i1D3,5D2,6D2,8D2. The molecule has 1 heteroatoms. The zero-order chi connectivity index (χ0) is 21.6. The van der Waals surface area contributed by atoms with E-state index in [9.17, 15) is 0 Å². The van der Waals surface area contributed by atoms with Crippen LogP contribution in [0.5, 0.6) is 0 Å². The van der Waals surface area contributed by atoms with Crippen LogP contribution >= 0.6 is 0 Å². The number of hydrogen-bond acceptors (Lipinski definition) is 1. The Balaban J connectivity index is 2.15. The summed E-state index contributed by atoms with van der Waals surface area (Å²) in [6.07, 6.45) is -4.19. The van der Waals surface area contributed by atoms with Gasteiger partial charge in [-0.25, -0.2) is 0 Å². The van der Waals surface area contributed by atoms with Gasteiger partial charge < -0.3 is 4.74 Å². The lowest BCUT2D eigenvalue weighted by molar-refractivity contribution is -0.132.